The van der Waals surface area contributed by atoms with Crippen molar-refractivity contribution in [2.75, 3.05) is 7.11 Å². The van der Waals surface area contributed by atoms with Crippen molar-refractivity contribution in [1.29, 1.82) is 0 Å². The highest BCUT2D eigenvalue weighted by atomic mass is 35.5. The highest BCUT2D eigenvalue weighted by Crippen LogP contribution is 2.35. The van der Waals surface area contributed by atoms with Crippen molar-refractivity contribution in [3.05, 3.63) is 27.7 Å². The van der Waals surface area contributed by atoms with Gasteiger partial charge in [0.2, 0.25) is 0 Å². The number of halogens is 2. The fourth-order valence-corrected chi connectivity index (χ4v) is 1.80. The van der Waals surface area contributed by atoms with Gasteiger partial charge in [0.05, 0.1) is 23.3 Å². The highest BCUT2D eigenvalue weighted by Gasteiger charge is 2.17. The molecule has 0 spiro atoms. The predicted octanol–water partition coefficient (Wildman–Crippen LogP) is 3.69. The maximum absolute atomic E-state index is 9.88. The van der Waals surface area contributed by atoms with Gasteiger partial charge in [0, 0.05) is 11.6 Å². The average Bonchev–Trinajstić information content (AvgIpc) is 2.19. The maximum Gasteiger partial charge on any atom is 0.138 e. The van der Waals surface area contributed by atoms with Crippen LogP contribution >= 0.6 is 23.2 Å². The Kier molecular flexibility index (Phi) is 4.26. The Bertz CT molecular complexity index is 351. The van der Waals surface area contributed by atoms with E-state index in [1.54, 1.807) is 12.1 Å². The fourth-order valence-electron chi connectivity index (χ4n) is 1.29. The minimum Gasteiger partial charge on any atom is -0.495 e. The minimum atomic E-state index is -0.610. The number of aliphatic hydroxyl groups is 1. The Morgan fingerprint density at radius 3 is 2.27 bits per heavy atom. The van der Waals surface area contributed by atoms with Crippen LogP contribution in [0.25, 0.3) is 0 Å². The molecule has 0 aliphatic carbocycles. The molecule has 0 aliphatic heterocycles. The molecule has 0 amide bonds. The SMILES string of the molecule is COc1cc(Cl)c(C(O)C(C)C)cc1Cl. The van der Waals surface area contributed by atoms with E-state index in [2.05, 4.69) is 0 Å². The lowest BCUT2D eigenvalue weighted by Gasteiger charge is -2.17. The van der Waals surface area contributed by atoms with Crippen LogP contribution in [0.5, 0.6) is 5.75 Å². The van der Waals surface area contributed by atoms with Gasteiger partial charge in [0.15, 0.2) is 0 Å². The lowest BCUT2D eigenvalue weighted by atomic mass is 9.99. The van der Waals surface area contributed by atoms with Gasteiger partial charge in [0.25, 0.3) is 0 Å². The first-order valence-electron chi connectivity index (χ1n) is 4.68. The zero-order valence-electron chi connectivity index (χ0n) is 8.92. The van der Waals surface area contributed by atoms with Crippen LogP contribution in [0.3, 0.4) is 0 Å². The van der Waals surface area contributed by atoms with Gasteiger partial charge >= 0.3 is 0 Å². The van der Waals surface area contributed by atoms with Crippen LogP contribution in [0, 0.1) is 5.92 Å². The summed E-state index contributed by atoms with van der Waals surface area (Å²) in [4.78, 5) is 0. The quantitative estimate of drug-likeness (QED) is 0.885. The molecule has 1 atom stereocenters. The third kappa shape index (κ3) is 2.77. The Labute approximate surface area is 99.8 Å². The number of benzene rings is 1. The summed E-state index contributed by atoms with van der Waals surface area (Å²) in [5, 5.41) is 10.8. The zero-order chi connectivity index (χ0) is 11.6. The molecule has 0 bridgehead atoms. The van der Waals surface area contributed by atoms with Crippen molar-refractivity contribution in [3.63, 3.8) is 0 Å². The van der Waals surface area contributed by atoms with Crippen molar-refractivity contribution in [3.8, 4) is 5.75 Å². The van der Waals surface area contributed by atoms with E-state index in [1.165, 1.54) is 7.11 Å². The van der Waals surface area contributed by atoms with Gasteiger partial charge in [-0.2, -0.15) is 0 Å². The average molecular weight is 249 g/mol. The van der Waals surface area contributed by atoms with Crippen LogP contribution in [0.15, 0.2) is 12.1 Å². The Balaban J connectivity index is 3.15. The van der Waals surface area contributed by atoms with Crippen LogP contribution in [0.4, 0.5) is 0 Å². The molecule has 0 heterocycles. The van der Waals surface area contributed by atoms with Crippen LogP contribution in [0.2, 0.25) is 10.0 Å². The van der Waals surface area contributed by atoms with Gasteiger partial charge in [-0.1, -0.05) is 37.0 Å². The first-order chi connectivity index (χ1) is 6.97. The summed E-state index contributed by atoms with van der Waals surface area (Å²) in [5.74, 6) is 0.605. The molecule has 2 nitrogen and oxygen atoms in total. The number of aliphatic hydroxyl groups excluding tert-OH is 1. The van der Waals surface area contributed by atoms with Gasteiger partial charge in [0.1, 0.15) is 5.75 Å². The highest BCUT2D eigenvalue weighted by molar-refractivity contribution is 6.34. The summed E-state index contributed by atoms with van der Waals surface area (Å²) in [6.45, 7) is 3.83. The Morgan fingerprint density at radius 1 is 1.20 bits per heavy atom. The molecule has 0 fully saturated rings. The molecule has 0 saturated carbocycles. The van der Waals surface area contributed by atoms with Crippen molar-refractivity contribution in [1.82, 2.24) is 0 Å². The number of rotatable bonds is 3. The van der Waals surface area contributed by atoms with Crippen LogP contribution in [0.1, 0.15) is 25.5 Å². The van der Waals surface area contributed by atoms with Crippen molar-refractivity contribution >= 4 is 23.2 Å². The minimum absolute atomic E-state index is 0.0898. The summed E-state index contributed by atoms with van der Waals surface area (Å²) in [6, 6.07) is 3.26. The Hall–Kier alpha value is -0.440. The number of methoxy groups -OCH3 is 1. The summed E-state index contributed by atoms with van der Waals surface area (Å²) < 4.78 is 5.02. The topological polar surface area (TPSA) is 29.5 Å². The van der Waals surface area contributed by atoms with Gasteiger partial charge in [-0.05, 0) is 12.0 Å². The van der Waals surface area contributed by atoms with Crippen LogP contribution in [-0.2, 0) is 0 Å². The molecule has 15 heavy (non-hydrogen) atoms. The third-order valence-corrected chi connectivity index (χ3v) is 2.84. The molecular formula is C11H14Cl2O2. The monoisotopic (exact) mass is 248 g/mol. The molecule has 1 aromatic rings. The molecule has 0 aliphatic rings. The first kappa shape index (κ1) is 12.6. The van der Waals surface area contributed by atoms with Crippen LogP contribution in [-0.4, -0.2) is 12.2 Å². The van der Waals surface area contributed by atoms with Gasteiger partial charge in [-0.3, -0.25) is 0 Å². The lowest BCUT2D eigenvalue weighted by Crippen LogP contribution is -2.06. The normalized spacial score (nSPS) is 13.0. The molecule has 1 N–H and O–H groups in total. The van der Waals surface area contributed by atoms with E-state index in [4.69, 9.17) is 27.9 Å². The number of ether oxygens (including phenoxy) is 1. The Morgan fingerprint density at radius 2 is 1.80 bits per heavy atom. The summed E-state index contributed by atoms with van der Waals surface area (Å²) >= 11 is 12.0. The van der Waals surface area contributed by atoms with E-state index in [-0.39, 0.29) is 5.92 Å². The van der Waals surface area contributed by atoms with E-state index in [0.29, 0.717) is 21.4 Å². The zero-order valence-corrected chi connectivity index (χ0v) is 10.4. The number of hydrogen-bond donors (Lipinski definition) is 1. The molecule has 1 rings (SSSR count). The molecule has 84 valence electrons. The van der Waals surface area contributed by atoms with E-state index in [0.717, 1.165) is 0 Å². The van der Waals surface area contributed by atoms with Crippen molar-refractivity contribution < 1.29 is 9.84 Å². The summed E-state index contributed by atoms with van der Waals surface area (Å²) in [6.07, 6.45) is -0.610. The predicted molar refractivity (Wildman–Crippen MR) is 62.8 cm³/mol. The molecular weight excluding hydrogens is 235 g/mol. The molecule has 0 saturated heterocycles. The van der Waals surface area contributed by atoms with Crippen molar-refractivity contribution in [2.45, 2.75) is 20.0 Å². The van der Waals surface area contributed by atoms with E-state index >= 15 is 0 Å². The third-order valence-electron chi connectivity index (χ3n) is 2.22. The second-order valence-corrected chi connectivity index (χ2v) is 4.51. The molecule has 0 radical (unpaired) electrons. The fraction of sp³-hybridized carbons (Fsp3) is 0.455. The molecule has 1 aromatic carbocycles. The second-order valence-electron chi connectivity index (χ2n) is 3.70. The van der Waals surface area contributed by atoms with Crippen molar-refractivity contribution in [2.24, 2.45) is 5.92 Å². The maximum atomic E-state index is 9.88. The van der Waals surface area contributed by atoms with E-state index < -0.39 is 6.10 Å². The standard InChI is InChI=1S/C11H14Cl2O2/c1-6(2)11(14)7-4-9(13)10(15-3)5-8(7)12/h4-6,11,14H,1-3H3. The lowest BCUT2D eigenvalue weighted by molar-refractivity contribution is 0.127. The second kappa shape index (κ2) is 5.06. The molecule has 0 aromatic heterocycles. The molecule has 1 unspecified atom stereocenters. The van der Waals surface area contributed by atoms with Gasteiger partial charge < -0.3 is 9.84 Å². The van der Waals surface area contributed by atoms with Gasteiger partial charge in [-0.15, -0.1) is 0 Å². The van der Waals surface area contributed by atoms with E-state index in [9.17, 15) is 5.11 Å². The summed E-state index contributed by atoms with van der Waals surface area (Å²) in [5.41, 5.74) is 0.637. The first-order valence-corrected chi connectivity index (χ1v) is 5.44. The smallest absolute Gasteiger partial charge is 0.138 e. The summed E-state index contributed by atoms with van der Waals surface area (Å²) in [7, 11) is 1.52. The number of hydrogen-bond acceptors (Lipinski definition) is 2. The van der Waals surface area contributed by atoms with Gasteiger partial charge in [-0.25, -0.2) is 0 Å². The molecule has 4 heteroatoms. The van der Waals surface area contributed by atoms with E-state index in [1.807, 2.05) is 13.8 Å². The largest absolute Gasteiger partial charge is 0.495 e. The van der Waals surface area contributed by atoms with Crippen LogP contribution < -0.4 is 4.74 Å².